The highest BCUT2D eigenvalue weighted by Gasteiger charge is 2.10. The molecule has 0 amide bonds. The maximum atomic E-state index is 11.5. The van der Waals surface area contributed by atoms with Crippen LogP contribution in [0.3, 0.4) is 0 Å². The zero-order valence-corrected chi connectivity index (χ0v) is 10.5. The SMILES string of the molecule is CC(C)NS(=O)(=O)Nc1ccc(C(=N)N)cc1. The molecule has 0 spiro atoms. The molecule has 0 unspecified atom stereocenters. The molecule has 0 saturated heterocycles. The first-order valence-corrected chi connectivity index (χ1v) is 6.53. The Kier molecular flexibility index (Phi) is 4.08. The summed E-state index contributed by atoms with van der Waals surface area (Å²) in [6, 6.07) is 6.08. The first kappa shape index (κ1) is 13.5. The fourth-order valence-corrected chi connectivity index (χ4v) is 2.34. The smallest absolute Gasteiger partial charge is 0.299 e. The van der Waals surface area contributed by atoms with Crippen LogP contribution in [0.5, 0.6) is 0 Å². The van der Waals surface area contributed by atoms with Crippen molar-refractivity contribution < 1.29 is 8.42 Å². The second-order valence-electron chi connectivity index (χ2n) is 3.87. The summed E-state index contributed by atoms with van der Waals surface area (Å²) in [5.41, 5.74) is 6.25. The number of hydrogen-bond acceptors (Lipinski definition) is 3. The summed E-state index contributed by atoms with van der Waals surface area (Å²) in [6.45, 7) is 3.47. The molecule has 0 radical (unpaired) electrons. The topological polar surface area (TPSA) is 108 Å². The van der Waals surface area contributed by atoms with Gasteiger partial charge in [0.2, 0.25) is 0 Å². The van der Waals surface area contributed by atoms with Crippen molar-refractivity contribution in [3.05, 3.63) is 29.8 Å². The lowest BCUT2D eigenvalue weighted by atomic mass is 10.2. The molecule has 0 fully saturated rings. The Morgan fingerprint density at radius 1 is 1.29 bits per heavy atom. The molecular weight excluding hydrogens is 240 g/mol. The van der Waals surface area contributed by atoms with Crippen molar-refractivity contribution in [3.63, 3.8) is 0 Å². The minimum Gasteiger partial charge on any atom is -0.384 e. The number of nitrogens with two attached hydrogens (primary N) is 1. The summed E-state index contributed by atoms with van der Waals surface area (Å²) in [5, 5.41) is 7.20. The number of rotatable bonds is 5. The molecule has 0 atom stereocenters. The molecule has 5 N–H and O–H groups in total. The third-order valence-electron chi connectivity index (χ3n) is 1.84. The van der Waals surface area contributed by atoms with Crippen molar-refractivity contribution in [2.75, 3.05) is 4.72 Å². The molecule has 17 heavy (non-hydrogen) atoms. The Morgan fingerprint density at radius 2 is 1.82 bits per heavy atom. The van der Waals surface area contributed by atoms with Crippen LogP contribution >= 0.6 is 0 Å². The van der Waals surface area contributed by atoms with E-state index >= 15 is 0 Å². The summed E-state index contributed by atoms with van der Waals surface area (Å²) < 4.78 is 27.8. The van der Waals surface area contributed by atoms with Gasteiger partial charge in [0, 0.05) is 17.3 Å². The minimum absolute atomic E-state index is 0.0558. The molecule has 0 saturated carbocycles. The molecule has 0 aromatic heterocycles. The molecule has 1 rings (SSSR count). The molecule has 1 aromatic rings. The maximum absolute atomic E-state index is 11.5. The van der Waals surface area contributed by atoms with Gasteiger partial charge in [-0.15, -0.1) is 0 Å². The molecule has 6 nitrogen and oxygen atoms in total. The van der Waals surface area contributed by atoms with Gasteiger partial charge in [-0.25, -0.2) is 0 Å². The summed E-state index contributed by atoms with van der Waals surface area (Å²) in [7, 11) is -3.55. The van der Waals surface area contributed by atoms with Crippen molar-refractivity contribution in [1.29, 1.82) is 5.41 Å². The van der Waals surface area contributed by atoms with E-state index in [9.17, 15) is 8.42 Å². The van der Waals surface area contributed by atoms with E-state index in [1.807, 2.05) is 0 Å². The van der Waals surface area contributed by atoms with Crippen LogP contribution in [0.25, 0.3) is 0 Å². The quantitative estimate of drug-likeness (QED) is 0.458. The van der Waals surface area contributed by atoms with Crippen molar-refractivity contribution in [2.45, 2.75) is 19.9 Å². The Bertz CT molecular complexity index is 494. The average molecular weight is 256 g/mol. The number of amidine groups is 1. The van der Waals surface area contributed by atoms with Crippen molar-refractivity contribution in [3.8, 4) is 0 Å². The number of hydrogen-bond donors (Lipinski definition) is 4. The first-order valence-electron chi connectivity index (χ1n) is 5.04. The molecule has 0 heterocycles. The van der Waals surface area contributed by atoms with E-state index in [1.54, 1.807) is 38.1 Å². The normalized spacial score (nSPS) is 11.5. The maximum Gasteiger partial charge on any atom is 0.299 e. The van der Waals surface area contributed by atoms with E-state index in [-0.39, 0.29) is 11.9 Å². The van der Waals surface area contributed by atoms with Gasteiger partial charge in [-0.2, -0.15) is 13.1 Å². The van der Waals surface area contributed by atoms with Gasteiger partial charge in [0.1, 0.15) is 5.84 Å². The van der Waals surface area contributed by atoms with Crippen LogP contribution in [0.2, 0.25) is 0 Å². The zero-order chi connectivity index (χ0) is 13.1. The van der Waals surface area contributed by atoms with Gasteiger partial charge in [-0.1, -0.05) is 0 Å². The van der Waals surface area contributed by atoms with Gasteiger partial charge in [0.25, 0.3) is 10.2 Å². The molecule has 0 bridgehead atoms. The minimum atomic E-state index is -3.55. The number of nitrogens with one attached hydrogen (secondary N) is 3. The highest BCUT2D eigenvalue weighted by Crippen LogP contribution is 2.10. The number of benzene rings is 1. The number of nitrogen functional groups attached to an aromatic ring is 1. The predicted octanol–water partition coefficient (Wildman–Crippen LogP) is 0.625. The van der Waals surface area contributed by atoms with Crippen LogP contribution in [-0.4, -0.2) is 20.3 Å². The van der Waals surface area contributed by atoms with Gasteiger partial charge >= 0.3 is 0 Å². The van der Waals surface area contributed by atoms with Gasteiger partial charge < -0.3 is 5.73 Å². The molecule has 1 aromatic carbocycles. The monoisotopic (exact) mass is 256 g/mol. The highest BCUT2D eigenvalue weighted by atomic mass is 32.2. The van der Waals surface area contributed by atoms with E-state index in [4.69, 9.17) is 11.1 Å². The number of anilines is 1. The van der Waals surface area contributed by atoms with E-state index < -0.39 is 10.2 Å². The van der Waals surface area contributed by atoms with Crippen LogP contribution in [0.1, 0.15) is 19.4 Å². The van der Waals surface area contributed by atoms with Crippen molar-refractivity contribution in [2.24, 2.45) is 5.73 Å². The zero-order valence-electron chi connectivity index (χ0n) is 9.69. The van der Waals surface area contributed by atoms with Crippen molar-refractivity contribution in [1.82, 2.24) is 4.72 Å². The predicted molar refractivity (Wildman–Crippen MR) is 68.3 cm³/mol. The molecule has 7 heteroatoms. The summed E-state index contributed by atoms with van der Waals surface area (Å²) in [4.78, 5) is 0. The second-order valence-corrected chi connectivity index (χ2v) is 5.32. The molecular formula is C10H16N4O2S. The molecule has 0 aliphatic carbocycles. The van der Waals surface area contributed by atoms with Crippen LogP contribution in [0.15, 0.2) is 24.3 Å². The van der Waals surface area contributed by atoms with Gasteiger partial charge in [-0.3, -0.25) is 10.1 Å². The highest BCUT2D eigenvalue weighted by molar-refractivity contribution is 7.90. The van der Waals surface area contributed by atoms with E-state index in [2.05, 4.69) is 9.44 Å². The fraction of sp³-hybridized carbons (Fsp3) is 0.300. The molecule has 94 valence electrons. The van der Waals surface area contributed by atoms with E-state index in [0.717, 1.165) is 0 Å². The van der Waals surface area contributed by atoms with Crippen LogP contribution < -0.4 is 15.2 Å². The van der Waals surface area contributed by atoms with Crippen LogP contribution in [0.4, 0.5) is 5.69 Å². The van der Waals surface area contributed by atoms with Crippen LogP contribution in [-0.2, 0) is 10.2 Å². The molecule has 0 aliphatic rings. The lowest BCUT2D eigenvalue weighted by Gasteiger charge is -2.11. The van der Waals surface area contributed by atoms with E-state index in [0.29, 0.717) is 11.3 Å². The Morgan fingerprint density at radius 3 is 2.24 bits per heavy atom. The van der Waals surface area contributed by atoms with E-state index in [1.165, 1.54) is 0 Å². The Balaban J connectivity index is 2.79. The first-order chi connectivity index (χ1) is 7.80. The van der Waals surface area contributed by atoms with Crippen molar-refractivity contribution >= 4 is 21.7 Å². The van der Waals surface area contributed by atoms with Gasteiger partial charge in [0.15, 0.2) is 0 Å². The average Bonchev–Trinajstić information content (AvgIpc) is 2.15. The lowest BCUT2D eigenvalue weighted by Crippen LogP contribution is -2.35. The van der Waals surface area contributed by atoms with Gasteiger partial charge in [-0.05, 0) is 38.1 Å². The lowest BCUT2D eigenvalue weighted by molar-refractivity contribution is 0.575. The third-order valence-corrected chi connectivity index (χ3v) is 3.13. The third kappa shape index (κ3) is 4.41. The summed E-state index contributed by atoms with van der Waals surface area (Å²) in [6.07, 6.45) is 0. The summed E-state index contributed by atoms with van der Waals surface area (Å²) in [5.74, 6) is -0.0558. The standard InChI is InChI=1S/C10H16N4O2S/c1-7(2)13-17(15,16)14-9-5-3-8(4-6-9)10(11)12/h3-7,13-14H,1-2H3,(H3,11,12). The second kappa shape index (κ2) is 5.15. The van der Waals surface area contributed by atoms with Crippen LogP contribution in [0, 0.1) is 5.41 Å². The summed E-state index contributed by atoms with van der Waals surface area (Å²) >= 11 is 0. The fourth-order valence-electron chi connectivity index (χ4n) is 1.21. The Hall–Kier alpha value is -1.60. The molecule has 0 aliphatic heterocycles. The van der Waals surface area contributed by atoms with Gasteiger partial charge in [0.05, 0.1) is 0 Å². The largest absolute Gasteiger partial charge is 0.384 e. The Labute approximate surface area is 101 Å².